The molecular formula is C23H23F2N3O3. The molecule has 1 aromatic heterocycles. The maximum atomic E-state index is 12.9. The van der Waals surface area contributed by atoms with Gasteiger partial charge in [0.2, 0.25) is 0 Å². The second kappa shape index (κ2) is 9.36. The Bertz CT molecular complexity index is 1030. The number of hydrogen-bond donors (Lipinski definition) is 1. The normalized spacial score (nSPS) is 16.5. The van der Waals surface area contributed by atoms with E-state index >= 15 is 0 Å². The molecule has 1 atom stereocenters. The summed E-state index contributed by atoms with van der Waals surface area (Å²) in [6, 6.07) is 14.0. The number of nitrogens with zero attached hydrogens (tertiary/aromatic N) is 2. The molecule has 1 saturated heterocycles. The zero-order valence-corrected chi connectivity index (χ0v) is 17.1. The number of Topliss-reactive ketones (excluding diaryl/α,β-unsaturated/α-hetero) is 1. The van der Waals surface area contributed by atoms with Crippen LogP contribution in [-0.4, -0.2) is 41.9 Å². The van der Waals surface area contributed by atoms with Crippen molar-refractivity contribution in [3.8, 4) is 11.4 Å². The van der Waals surface area contributed by atoms with Crippen LogP contribution in [-0.2, 0) is 11.2 Å². The van der Waals surface area contributed by atoms with Gasteiger partial charge in [-0.15, -0.1) is 0 Å². The largest absolute Gasteiger partial charge is 0.435 e. The maximum absolute atomic E-state index is 12.9. The molecule has 8 heteroatoms. The van der Waals surface area contributed by atoms with Gasteiger partial charge in [-0.1, -0.05) is 24.3 Å². The van der Waals surface area contributed by atoms with E-state index in [2.05, 4.69) is 15.2 Å². The number of hydrogen-bond acceptors (Lipinski definition) is 5. The lowest BCUT2D eigenvalue weighted by Crippen LogP contribution is -2.33. The van der Waals surface area contributed by atoms with Crippen LogP contribution < -0.4 is 10.1 Å². The minimum absolute atomic E-state index is 0.0373. The van der Waals surface area contributed by atoms with Gasteiger partial charge < -0.3 is 14.8 Å². The molecule has 3 aromatic rings. The summed E-state index contributed by atoms with van der Waals surface area (Å²) in [7, 11) is 0. The summed E-state index contributed by atoms with van der Waals surface area (Å²) in [5, 5.41) is 7.60. The molecule has 0 radical (unpaired) electrons. The van der Waals surface area contributed by atoms with Crippen LogP contribution in [0.1, 0.15) is 33.3 Å². The average molecular weight is 427 g/mol. The summed E-state index contributed by atoms with van der Waals surface area (Å²) in [4.78, 5) is 12.9. The first-order chi connectivity index (χ1) is 15.0. The Morgan fingerprint density at radius 1 is 1.23 bits per heavy atom. The lowest BCUT2D eigenvalue weighted by molar-refractivity contribution is -0.0498. The highest BCUT2D eigenvalue weighted by Crippen LogP contribution is 2.22. The fraction of sp³-hybridized carbons (Fsp3) is 0.304. The van der Waals surface area contributed by atoms with Gasteiger partial charge in [0.05, 0.1) is 35.9 Å². The molecule has 0 amide bonds. The Morgan fingerprint density at radius 3 is 2.61 bits per heavy atom. The van der Waals surface area contributed by atoms with Crippen molar-refractivity contribution in [1.29, 1.82) is 0 Å². The first-order valence-corrected chi connectivity index (χ1v) is 10.1. The van der Waals surface area contributed by atoms with E-state index in [1.165, 1.54) is 18.3 Å². The zero-order valence-electron chi connectivity index (χ0n) is 17.1. The molecule has 2 aromatic carbocycles. The van der Waals surface area contributed by atoms with E-state index in [1.807, 2.05) is 24.3 Å². The molecule has 2 heterocycles. The predicted molar refractivity (Wildman–Crippen MR) is 111 cm³/mol. The van der Waals surface area contributed by atoms with Crippen molar-refractivity contribution >= 4 is 5.78 Å². The van der Waals surface area contributed by atoms with Gasteiger partial charge in [-0.25, -0.2) is 4.68 Å². The predicted octanol–water partition coefficient (Wildman–Crippen LogP) is 3.87. The van der Waals surface area contributed by atoms with E-state index in [-0.39, 0.29) is 24.1 Å². The van der Waals surface area contributed by atoms with Crippen LogP contribution in [0.5, 0.6) is 5.75 Å². The number of halogens is 2. The minimum atomic E-state index is -2.87. The van der Waals surface area contributed by atoms with Crippen molar-refractivity contribution in [3.63, 3.8) is 0 Å². The van der Waals surface area contributed by atoms with Gasteiger partial charge in [-0.3, -0.25) is 4.79 Å². The van der Waals surface area contributed by atoms with Crippen LogP contribution in [0, 0.1) is 6.92 Å². The number of carbonyl (C=O) groups is 1. The lowest BCUT2D eigenvalue weighted by Gasteiger charge is -2.24. The van der Waals surface area contributed by atoms with Crippen LogP contribution in [0.4, 0.5) is 8.78 Å². The highest BCUT2D eigenvalue weighted by molar-refractivity contribution is 5.98. The summed E-state index contributed by atoms with van der Waals surface area (Å²) in [6.45, 7) is 1.27. The van der Waals surface area contributed by atoms with Crippen molar-refractivity contribution in [2.75, 3.05) is 19.7 Å². The molecule has 0 aliphatic carbocycles. The minimum Gasteiger partial charge on any atom is -0.435 e. The number of ketones is 1. The number of morpholine rings is 1. The van der Waals surface area contributed by atoms with Crippen molar-refractivity contribution in [1.82, 2.24) is 15.1 Å². The lowest BCUT2D eigenvalue weighted by atomic mass is 10.0. The van der Waals surface area contributed by atoms with Crippen molar-refractivity contribution in [2.45, 2.75) is 26.1 Å². The monoisotopic (exact) mass is 427 g/mol. The number of carbonyl (C=O) groups excluding carboxylic acids is 1. The second-order valence-corrected chi connectivity index (χ2v) is 7.33. The number of alkyl halides is 2. The molecule has 162 valence electrons. The summed E-state index contributed by atoms with van der Waals surface area (Å²) in [6.07, 6.45) is 1.84. The van der Waals surface area contributed by atoms with E-state index in [0.29, 0.717) is 23.6 Å². The van der Waals surface area contributed by atoms with Gasteiger partial charge in [0.15, 0.2) is 5.78 Å². The first-order valence-electron chi connectivity index (χ1n) is 10.1. The van der Waals surface area contributed by atoms with Crippen LogP contribution >= 0.6 is 0 Å². The fourth-order valence-electron chi connectivity index (χ4n) is 3.62. The molecule has 0 saturated carbocycles. The Balaban J connectivity index is 1.44. The Kier molecular flexibility index (Phi) is 6.39. The van der Waals surface area contributed by atoms with E-state index in [0.717, 1.165) is 24.2 Å². The van der Waals surface area contributed by atoms with Gasteiger partial charge in [0.1, 0.15) is 5.75 Å². The van der Waals surface area contributed by atoms with Crippen molar-refractivity contribution < 1.29 is 23.0 Å². The molecular weight excluding hydrogens is 404 g/mol. The molecule has 31 heavy (non-hydrogen) atoms. The maximum Gasteiger partial charge on any atom is 0.387 e. The number of nitrogens with one attached hydrogen (secondary N) is 1. The quantitative estimate of drug-likeness (QED) is 0.580. The second-order valence-electron chi connectivity index (χ2n) is 7.33. The number of ether oxygens (including phenoxy) is 2. The third-order valence-electron chi connectivity index (χ3n) is 5.26. The number of rotatable bonds is 7. The van der Waals surface area contributed by atoms with E-state index in [9.17, 15) is 13.6 Å². The van der Waals surface area contributed by atoms with Gasteiger partial charge >= 0.3 is 6.61 Å². The van der Waals surface area contributed by atoms with Crippen LogP contribution in [0.3, 0.4) is 0 Å². The van der Waals surface area contributed by atoms with E-state index in [1.54, 1.807) is 23.7 Å². The highest BCUT2D eigenvalue weighted by atomic mass is 19.3. The molecule has 0 spiro atoms. The standard InChI is InChI=1S/C23H23F2N3O3/c1-15-20(13-27-28(15)18-6-8-19(9-7-18)31-23(24)25)21(29)12-16-2-4-17(5-3-16)22-14-26-10-11-30-22/h2-9,13,22-23,26H,10-12,14H2,1H3/t22-/m1/s1. The van der Waals surface area contributed by atoms with Crippen LogP contribution in [0.25, 0.3) is 5.69 Å². The summed E-state index contributed by atoms with van der Waals surface area (Å²) < 4.78 is 36.3. The van der Waals surface area contributed by atoms with Gasteiger partial charge in [0.25, 0.3) is 0 Å². The van der Waals surface area contributed by atoms with Gasteiger partial charge in [0, 0.05) is 19.5 Å². The smallest absolute Gasteiger partial charge is 0.387 e. The highest BCUT2D eigenvalue weighted by Gasteiger charge is 2.18. The Labute approximate surface area is 178 Å². The molecule has 6 nitrogen and oxygen atoms in total. The van der Waals surface area contributed by atoms with Gasteiger partial charge in [-0.05, 0) is 42.3 Å². The summed E-state index contributed by atoms with van der Waals surface area (Å²) in [5.74, 6) is 0.0300. The molecule has 1 aliphatic rings. The molecule has 0 unspecified atom stereocenters. The van der Waals surface area contributed by atoms with Gasteiger partial charge in [-0.2, -0.15) is 13.9 Å². The van der Waals surface area contributed by atoms with E-state index in [4.69, 9.17) is 4.74 Å². The molecule has 1 aliphatic heterocycles. The van der Waals surface area contributed by atoms with Crippen LogP contribution in [0.15, 0.2) is 54.7 Å². The van der Waals surface area contributed by atoms with Crippen molar-refractivity contribution in [2.24, 2.45) is 0 Å². The molecule has 1 N–H and O–H groups in total. The summed E-state index contributed by atoms with van der Waals surface area (Å²) in [5.41, 5.74) is 3.87. The van der Waals surface area contributed by atoms with Crippen LogP contribution in [0.2, 0.25) is 0 Å². The molecule has 1 fully saturated rings. The topological polar surface area (TPSA) is 65.4 Å². The molecule has 4 rings (SSSR count). The SMILES string of the molecule is Cc1c(C(=O)Cc2ccc([C@H]3CNCCO3)cc2)cnn1-c1ccc(OC(F)F)cc1. The number of benzene rings is 2. The Hall–Kier alpha value is -3.10. The Morgan fingerprint density at radius 2 is 1.97 bits per heavy atom. The average Bonchev–Trinajstić information content (AvgIpc) is 3.16. The first kappa shape index (κ1) is 21.1. The van der Waals surface area contributed by atoms with E-state index < -0.39 is 6.61 Å². The third-order valence-corrected chi connectivity index (χ3v) is 5.26. The van der Waals surface area contributed by atoms with Crippen molar-refractivity contribution in [3.05, 3.63) is 77.1 Å². The fourth-order valence-corrected chi connectivity index (χ4v) is 3.62. The molecule has 0 bridgehead atoms. The third kappa shape index (κ3) is 4.98. The zero-order chi connectivity index (χ0) is 21.8. The number of aromatic nitrogens is 2. The summed E-state index contributed by atoms with van der Waals surface area (Å²) >= 11 is 0.